The minimum absolute atomic E-state index is 0.478. The zero-order chi connectivity index (χ0) is 26.3. The van der Waals surface area contributed by atoms with Gasteiger partial charge in [0.25, 0.3) is 0 Å². The first kappa shape index (κ1) is 25.3. The number of hydrogen-bond acceptors (Lipinski definition) is 1. The zero-order valence-electron chi connectivity index (χ0n) is 21.4. The molecule has 2 atom stereocenters. The van der Waals surface area contributed by atoms with E-state index in [0.29, 0.717) is 17.2 Å². The van der Waals surface area contributed by atoms with Crippen molar-refractivity contribution in [2.75, 3.05) is 0 Å². The van der Waals surface area contributed by atoms with Crippen molar-refractivity contribution < 1.29 is 4.74 Å². The quantitative estimate of drug-likeness (QED) is 0.178. The van der Waals surface area contributed by atoms with Gasteiger partial charge in [-0.2, -0.15) is 0 Å². The van der Waals surface area contributed by atoms with Gasteiger partial charge in [-0.15, -0.1) is 0 Å². The Balaban J connectivity index is 1.30. The molecule has 6 aromatic carbocycles. The molecule has 0 aromatic heterocycles. The molecule has 6 rings (SSSR count). The van der Waals surface area contributed by atoms with Crippen LogP contribution in [-0.4, -0.2) is 0 Å². The van der Waals surface area contributed by atoms with Crippen LogP contribution in [0.2, 0.25) is 0 Å². The first-order chi connectivity index (χ1) is 19.3. The minimum Gasteiger partial charge on any atom is -0.456 e. The highest BCUT2D eigenvalue weighted by Crippen LogP contribution is 2.31. The van der Waals surface area contributed by atoms with Crippen molar-refractivity contribution in [3.63, 3.8) is 0 Å². The van der Waals surface area contributed by atoms with Gasteiger partial charge in [-0.3, -0.25) is 0 Å². The predicted octanol–water partition coefficient (Wildman–Crippen LogP) is 8.07. The van der Waals surface area contributed by atoms with Gasteiger partial charge in [-0.1, -0.05) is 163 Å². The summed E-state index contributed by atoms with van der Waals surface area (Å²) in [6.45, 7) is 0. The molecule has 3 heteroatoms. The molecule has 0 aliphatic carbocycles. The third kappa shape index (κ3) is 6.02. The Hall–Kier alpha value is -4.02. The summed E-state index contributed by atoms with van der Waals surface area (Å²) < 4.78 is 6.69. The van der Waals surface area contributed by atoms with Crippen molar-refractivity contribution in [1.29, 1.82) is 0 Å². The first-order valence-electron chi connectivity index (χ1n) is 13.0. The largest absolute Gasteiger partial charge is 0.456 e. The zero-order valence-corrected chi connectivity index (χ0v) is 23.4. The van der Waals surface area contributed by atoms with E-state index in [0.717, 1.165) is 11.5 Å². The molecule has 0 spiro atoms. The summed E-state index contributed by atoms with van der Waals surface area (Å²) in [5.74, 6) is 1.82. The van der Waals surface area contributed by atoms with Crippen molar-refractivity contribution >= 4 is 38.4 Å². The third-order valence-electron chi connectivity index (χ3n) is 6.56. The van der Waals surface area contributed by atoms with Gasteiger partial charge < -0.3 is 4.74 Å². The minimum atomic E-state index is 0.478. The van der Waals surface area contributed by atoms with Gasteiger partial charge in [0.2, 0.25) is 0 Å². The summed E-state index contributed by atoms with van der Waals surface area (Å²) in [6, 6.07) is 55.4. The highest BCUT2D eigenvalue weighted by atomic mass is 31.1. The van der Waals surface area contributed by atoms with Crippen LogP contribution < -0.4 is 26.0 Å². The Kier molecular flexibility index (Phi) is 7.92. The second-order valence-electron chi connectivity index (χ2n) is 9.17. The normalized spacial score (nSPS) is 11.4. The molecule has 0 amide bonds. The van der Waals surface area contributed by atoms with E-state index in [4.69, 9.17) is 4.74 Å². The molecule has 0 aliphatic heterocycles. The number of rotatable bonds is 8. The molecule has 0 aliphatic rings. The molecule has 1 nitrogen and oxygen atoms in total. The molecule has 0 saturated heterocycles. The maximum Gasteiger partial charge on any atom is 0.135 e. The maximum absolute atomic E-state index is 6.69. The topological polar surface area (TPSA) is 9.23 Å². The lowest BCUT2D eigenvalue weighted by Gasteiger charge is -2.17. The van der Waals surface area contributed by atoms with Crippen LogP contribution in [0, 0.1) is 0 Å². The fourth-order valence-electron chi connectivity index (χ4n) is 4.65. The first-order valence-corrected chi connectivity index (χ1v) is 15.0. The smallest absolute Gasteiger partial charge is 0.135 e. The summed E-state index contributed by atoms with van der Waals surface area (Å²) in [4.78, 5) is 0. The van der Waals surface area contributed by atoms with Crippen molar-refractivity contribution in [3.05, 3.63) is 158 Å². The van der Waals surface area contributed by atoms with E-state index in [-0.39, 0.29) is 0 Å². The van der Waals surface area contributed by atoms with Crippen LogP contribution in [0.15, 0.2) is 158 Å². The second-order valence-corrected chi connectivity index (χ2v) is 11.8. The molecule has 188 valence electrons. The molecule has 0 N–H and O–H groups in total. The lowest BCUT2D eigenvalue weighted by Crippen LogP contribution is -2.12. The molecular weight excluding hydrogens is 510 g/mol. The Bertz CT molecular complexity index is 1550. The fourth-order valence-corrected chi connectivity index (χ4v) is 7.19. The summed E-state index contributed by atoms with van der Waals surface area (Å²) in [7, 11) is 0.957. The second kappa shape index (κ2) is 12.2. The Morgan fingerprint density at radius 1 is 0.308 bits per heavy atom. The van der Waals surface area contributed by atoms with E-state index in [1.807, 2.05) is 0 Å². The summed E-state index contributed by atoms with van der Waals surface area (Å²) in [5.41, 5.74) is 5.02. The Labute approximate surface area is 234 Å². The number of ether oxygens (including phenoxy) is 1. The summed E-state index contributed by atoms with van der Waals surface area (Å²) >= 11 is 0. The van der Waals surface area contributed by atoms with Crippen LogP contribution in [0.5, 0.6) is 11.5 Å². The summed E-state index contributed by atoms with van der Waals surface area (Å²) in [5, 5.41) is 5.02. The van der Waals surface area contributed by atoms with E-state index < -0.39 is 0 Å². The van der Waals surface area contributed by atoms with Crippen LogP contribution in [0.3, 0.4) is 0 Å². The van der Waals surface area contributed by atoms with Crippen molar-refractivity contribution in [1.82, 2.24) is 0 Å². The van der Waals surface area contributed by atoms with Crippen LogP contribution >= 0.6 is 17.2 Å². The molecule has 0 heterocycles. The van der Waals surface area contributed by atoms with Crippen molar-refractivity contribution in [2.24, 2.45) is 0 Å². The average molecular weight is 539 g/mol. The lowest BCUT2D eigenvalue weighted by atomic mass is 10.1. The van der Waals surface area contributed by atoms with E-state index >= 15 is 0 Å². The van der Waals surface area contributed by atoms with E-state index in [9.17, 15) is 0 Å². The number of benzene rings is 6. The van der Waals surface area contributed by atoms with Crippen molar-refractivity contribution in [3.8, 4) is 33.8 Å². The van der Waals surface area contributed by atoms with E-state index in [1.165, 1.54) is 43.5 Å². The fraction of sp³-hybridized carbons (Fsp3) is 0. The van der Waals surface area contributed by atoms with Gasteiger partial charge in [-0.05, 0) is 45.0 Å². The van der Waals surface area contributed by atoms with Gasteiger partial charge in [0.1, 0.15) is 11.5 Å². The molecular formula is C36H28OP2. The van der Waals surface area contributed by atoms with Crippen LogP contribution in [0.1, 0.15) is 0 Å². The van der Waals surface area contributed by atoms with Gasteiger partial charge in [0.05, 0.1) is 0 Å². The average Bonchev–Trinajstić information content (AvgIpc) is 3.00. The molecule has 0 radical (unpaired) electrons. The predicted molar refractivity (Wildman–Crippen MR) is 172 cm³/mol. The molecule has 2 unspecified atom stereocenters. The van der Waals surface area contributed by atoms with Crippen LogP contribution in [0.25, 0.3) is 22.3 Å². The SMILES string of the molecule is c1ccc(-c2ccccc2Pc2ccccc2Oc2ccccc2Pc2ccccc2-c2ccccc2)cc1. The highest BCUT2D eigenvalue weighted by Gasteiger charge is 2.13. The molecule has 6 aromatic rings. The maximum atomic E-state index is 6.69. The van der Waals surface area contributed by atoms with E-state index in [1.54, 1.807) is 0 Å². The van der Waals surface area contributed by atoms with Gasteiger partial charge in [0.15, 0.2) is 0 Å². The number of para-hydroxylation sites is 2. The number of hydrogen-bond donors (Lipinski definition) is 0. The monoisotopic (exact) mass is 538 g/mol. The Morgan fingerprint density at radius 3 is 1.08 bits per heavy atom. The van der Waals surface area contributed by atoms with Gasteiger partial charge in [0, 0.05) is 10.6 Å². The standard InChI is InChI=1S/C36H28OP2/c1-3-15-27(16-4-1)29-19-7-11-23-33(29)38-35-25-13-9-21-31(35)37-32-22-10-14-26-36(32)39-34-24-12-8-20-30(34)28-17-5-2-6-18-28/h1-26,38-39H. The van der Waals surface area contributed by atoms with Crippen LogP contribution in [-0.2, 0) is 0 Å². The van der Waals surface area contributed by atoms with Crippen LogP contribution in [0.4, 0.5) is 0 Å². The molecule has 39 heavy (non-hydrogen) atoms. The van der Waals surface area contributed by atoms with E-state index in [2.05, 4.69) is 158 Å². The summed E-state index contributed by atoms with van der Waals surface area (Å²) in [6.07, 6.45) is 0. The molecule has 0 fully saturated rings. The molecule has 0 saturated carbocycles. The molecule has 0 bridgehead atoms. The van der Waals surface area contributed by atoms with Crippen molar-refractivity contribution in [2.45, 2.75) is 0 Å². The highest BCUT2D eigenvalue weighted by molar-refractivity contribution is 7.56. The Morgan fingerprint density at radius 2 is 0.641 bits per heavy atom. The third-order valence-corrected chi connectivity index (χ3v) is 9.33. The van der Waals surface area contributed by atoms with Gasteiger partial charge >= 0.3 is 0 Å². The van der Waals surface area contributed by atoms with Gasteiger partial charge in [-0.25, -0.2) is 0 Å². The lowest BCUT2D eigenvalue weighted by molar-refractivity contribution is 0.491.